The van der Waals surface area contributed by atoms with Crippen molar-refractivity contribution in [3.63, 3.8) is 0 Å². The second-order valence-electron chi connectivity index (χ2n) is 3.91. The highest BCUT2D eigenvalue weighted by molar-refractivity contribution is 9.10. The number of carbonyl (C=O) groups is 1. The van der Waals surface area contributed by atoms with E-state index in [2.05, 4.69) is 26.2 Å². The Labute approximate surface area is 104 Å². The number of anilines is 1. The number of nitrogens with one attached hydrogen (secondary N) is 1. The van der Waals surface area contributed by atoms with Crippen molar-refractivity contribution in [2.75, 3.05) is 11.9 Å². The van der Waals surface area contributed by atoms with Crippen LogP contribution in [0.4, 0.5) is 5.82 Å². The standard InChI is InChI=1S/C11H16BrN3O/c1-7(5-13)3-10(16)15-11-8(2)4-9(12)6-14-11/h4,6-7H,3,5,13H2,1-2H3,(H,14,15,16). The van der Waals surface area contributed by atoms with E-state index < -0.39 is 0 Å². The first-order chi connectivity index (χ1) is 7.52. The van der Waals surface area contributed by atoms with Crippen molar-refractivity contribution in [2.45, 2.75) is 20.3 Å². The predicted molar refractivity (Wildman–Crippen MR) is 68.1 cm³/mol. The molecular formula is C11H16BrN3O. The molecule has 1 amide bonds. The fourth-order valence-corrected chi connectivity index (χ4v) is 1.70. The monoisotopic (exact) mass is 285 g/mol. The SMILES string of the molecule is Cc1cc(Br)cnc1NC(=O)CC(C)CN. The molecule has 0 aliphatic carbocycles. The van der Waals surface area contributed by atoms with Gasteiger partial charge in [0.05, 0.1) is 0 Å². The molecule has 1 aromatic heterocycles. The van der Waals surface area contributed by atoms with Crippen LogP contribution in [0.1, 0.15) is 18.9 Å². The van der Waals surface area contributed by atoms with Crippen LogP contribution in [0.15, 0.2) is 16.7 Å². The van der Waals surface area contributed by atoms with E-state index in [0.29, 0.717) is 18.8 Å². The van der Waals surface area contributed by atoms with E-state index in [0.717, 1.165) is 10.0 Å². The fourth-order valence-electron chi connectivity index (χ4n) is 1.25. The minimum absolute atomic E-state index is 0.0455. The molecule has 1 unspecified atom stereocenters. The first kappa shape index (κ1) is 13.1. The van der Waals surface area contributed by atoms with Crippen molar-refractivity contribution in [1.82, 2.24) is 4.98 Å². The Morgan fingerprint density at radius 2 is 2.38 bits per heavy atom. The number of hydrogen-bond donors (Lipinski definition) is 2. The zero-order valence-electron chi connectivity index (χ0n) is 9.46. The lowest BCUT2D eigenvalue weighted by Gasteiger charge is -2.10. The fraction of sp³-hybridized carbons (Fsp3) is 0.455. The Hall–Kier alpha value is -0.940. The molecule has 0 spiro atoms. The van der Waals surface area contributed by atoms with Gasteiger partial charge in [0.1, 0.15) is 5.82 Å². The summed E-state index contributed by atoms with van der Waals surface area (Å²) in [5.74, 6) is 0.754. The summed E-state index contributed by atoms with van der Waals surface area (Å²) in [6.07, 6.45) is 2.09. The number of hydrogen-bond acceptors (Lipinski definition) is 3. The average Bonchev–Trinajstić information content (AvgIpc) is 2.22. The lowest BCUT2D eigenvalue weighted by Crippen LogP contribution is -2.20. The van der Waals surface area contributed by atoms with Crippen molar-refractivity contribution < 1.29 is 4.79 Å². The van der Waals surface area contributed by atoms with Crippen LogP contribution in [0, 0.1) is 12.8 Å². The molecule has 5 heteroatoms. The molecule has 0 radical (unpaired) electrons. The number of rotatable bonds is 4. The first-order valence-corrected chi connectivity index (χ1v) is 5.94. The van der Waals surface area contributed by atoms with Crippen LogP contribution in [0.2, 0.25) is 0 Å². The Morgan fingerprint density at radius 1 is 1.69 bits per heavy atom. The molecule has 1 heterocycles. The van der Waals surface area contributed by atoms with Crippen molar-refractivity contribution in [3.8, 4) is 0 Å². The van der Waals surface area contributed by atoms with Crippen molar-refractivity contribution in [3.05, 3.63) is 22.3 Å². The number of amides is 1. The van der Waals surface area contributed by atoms with Crippen molar-refractivity contribution in [2.24, 2.45) is 11.7 Å². The highest BCUT2D eigenvalue weighted by atomic mass is 79.9. The molecule has 88 valence electrons. The van der Waals surface area contributed by atoms with E-state index in [9.17, 15) is 4.79 Å². The van der Waals surface area contributed by atoms with E-state index in [4.69, 9.17) is 5.73 Å². The summed E-state index contributed by atoms with van der Waals surface area (Å²) in [7, 11) is 0. The zero-order valence-corrected chi connectivity index (χ0v) is 11.0. The number of pyridine rings is 1. The van der Waals surface area contributed by atoms with Crippen LogP contribution in [-0.4, -0.2) is 17.4 Å². The Kier molecular flexibility index (Phi) is 4.89. The molecule has 0 saturated heterocycles. The van der Waals surface area contributed by atoms with E-state index in [1.165, 1.54) is 0 Å². The van der Waals surface area contributed by atoms with Crippen LogP contribution in [-0.2, 0) is 4.79 Å². The number of aryl methyl sites for hydroxylation is 1. The number of carbonyl (C=O) groups excluding carboxylic acids is 1. The smallest absolute Gasteiger partial charge is 0.225 e. The molecule has 16 heavy (non-hydrogen) atoms. The molecule has 0 fully saturated rings. The summed E-state index contributed by atoms with van der Waals surface area (Å²) in [5, 5.41) is 2.78. The summed E-state index contributed by atoms with van der Waals surface area (Å²) in [6, 6.07) is 1.91. The molecular weight excluding hydrogens is 270 g/mol. The highest BCUT2D eigenvalue weighted by Gasteiger charge is 2.09. The van der Waals surface area contributed by atoms with Gasteiger partial charge >= 0.3 is 0 Å². The maximum absolute atomic E-state index is 11.6. The van der Waals surface area contributed by atoms with Gasteiger partial charge in [0.15, 0.2) is 0 Å². The normalized spacial score (nSPS) is 12.2. The van der Waals surface area contributed by atoms with Gasteiger partial charge in [-0.2, -0.15) is 0 Å². The van der Waals surface area contributed by atoms with Gasteiger partial charge in [-0.05, 0) is 46.9 Å². The largest absolute Gasteiger partial charge is 0.330 e. The third-order valence-corrected chi connectivity index (χ3v) is 2.67. The number of halogens is 1. The van der Waals surface area contributed by atoms with Crippen LogP contribution in [0.5, 0.6) is 0 Å². The third-order valence-electron chi connectivity index (χ3n) is 2.24. The van der Waals surface area contributed by atoms with Gasteiger partial charge in [0, 0.05) is 17.1 Å². The maximum Gasteiger partial charge on any atom is 0.225 e. The molecule has 0 aliphatic rings. The zero-order chi connectivity index (χ0) is 12.1. The lowest BCUT2D eigenvalue weighted by atomic mass is 10.1. The molecule has 1 rings (SSSR count). The summed E-state index contributed by atoms with van der Waals surface area (Å²) in [4.78, 5) is 15.7. The molecule has 0 bridgehead atoms. The molecule has 1 aromatic rings. The van der Waals surface area contributed by atoms with Crippen LogP contribution >= 0.6 is 15.9 Å². The minimum atomic E-state index is -0.0455. The lowest BCUT2D eigenvalue weighted by molar-refractivity contribution is -0.116. The van der Waals surface area contributed by atoms with E-state index in [1.54, 1.807) is 6.20 Å². The molecule has 0 saturated carbocycles. The van der Waals surface area contributed by atoms with Gasteiger partial charge in [-0.25, -0.2) is 4.98 Å². The quantitative estimate of drug-likeness (QED) is 0.890. The van der Waals surface area contributed by atoms with Gasteiger partial charge in [-0.15, -0.1) is 0 Å². The Morgan fingerprint density at radius 3 is 2.94 bits per heavy atom. The maximum atomic E-state index is 11.6. The molecule has 4 nitrogen and oxygen atoms in total. The minimum Gasteiger partial charge on any atom is -0.330 e. The van der Waals surface area contributed by atoms with Crippen LogP contribution < -0.4 is 11.1 Å². The summed E-state index contributed by atoms with van der Waals surface area (Å²) in [5.41, 5.74) is 6.40. The molecule has 0 aromatic carbocycles. The van der Waals surface area contributed by atoms with Crippen molar-refractivity contribution >= 4 is 27.7 Å². The second kappa shape index (κ2) is 5.96. The summed E-state index contributed by atoms with van der Waals surface area (Å²) in [6.45, 7) is 4.36. The number of nitrogens with zero attached hydrogens (tertiary/aromatic N) is 1. The first-order valence-electron chi connectivity index (χ1n) is 5.15. The van der Waals surface area contributed by atoms with Gasteiger partial charge < -0.3 is 11.1 Å². The van der Waals surface area contributed by atoms with Gasteiger partial charge in [0.25, 0.3) is 0 Å². The Balaban J connectivity index is 2.63. The second-order valence-corrected chi connectivity index (χ2v) is 4.83. The van der Waals surface area contributed by atoms with Crippen LogP contribution in [0.3, 0.4) is 0 Å². The van der Waals surface area contributed by atoms with E-state index in [-0.39, 0.29) is 11.8 Å². The van der Waals surface area contributed by atoms with Gasteiger partial charge in [0.2, 0.25) is 5.91 Å². The topological polar surface area (TPSA) is 68.0 Å². The van der Waals surface area contributed by atoms with E-state index in [1.807, 2.05) is 19.9 Å². The molecule has 1 atom stereocenters. The van der Waals surface area contributed by atoms with Crippen LogP contribution in [0.25, 0.3) is 0 Å². The molecule has 3 N–H and O–H groups in total. The van der Waals surface area contributed by atoms with Crippen molar-refractivity contribution in [1.29, 1.82) is 0 Å². The number of nitrogens with two attached hydrogens (primary N) is 1. The summed E-state index contributed by atoms with van der Waals surface area (Å²) < 4.78 is 0.901. The Bertz CT molecular complexity index is 381. The summed E-state index contributed by atoms with van der Waals surface area (Å²) >= 11 is 3.32. The highest BCUT2D eigenvalue weighted by Crippen LogP contribution is 2.17. The number of aromatic nitrogens is 1. The average molecular weight is 286 g/mol. The van der Waals surface area contributed by atoms with E-state index >= 15 is 0 Å². The van der Waals surface area contributed by atoms with Gasteiger partial charge in [-0.3, -0.25) is 4.79 Å². The predicted octanol–water partition coefficient (Wildman–Crippen LogP) is 2.08. The van der Waals surface area contributed by atoms with Gasteiger partial charge in [-0.1, -0.05) is 6.92 Å². The molecule has 0 aliphatic heterocycles. The third kappa shape index (κ3) is 3.90.